The van der Waals surface area contributed by atoms with Gasteiger partial charge in [-0.2, -0.15) is 0 Å². The third kappa shape index (κ3) is 2.67. The van der Waals surface area contributed by atoms with E-state index in [0.717, 1.165) is 24.7 Å². The highest BCUT2D eigenvalue weighted by atomic mass is 16.2. The molecule has 1 aromatic carbocycles. The number of anilines is 1. The topological polar surface area (TPSA) is 35.9 Å². The van der Waals surface area contributed by atoms with Crippen LogP contribution in [-0.2, 0) is 4.79 Å². The Morgan fingerprint density at radius 1 is 1.10 bits per heavy atom. The van der Waals surface area contributed by atoms with Crippen molar-refractivity contribution < 1.29 is 4.79 Å². The second kappa shape index (κ2) is 5.88. The van der Waals surface area contributed by atoms with Crippen LogP contribution in [0.3, 0.4) is 0 Å². The average Bonchev–Trinajstić information content (AvgIpc) is 2.87. The molecular formula is C17H23N3O. The number of aliphatic imine (C=N–C) groups is 1. The van der Waals surface area contributed by atoms with Crippen molar-refractivity contribution in [3.05, 3.63) is 30.3 Å². The van der Waals surface area contributed by atoms with Crippen LogP contribution in [0.2, 0.25) is 0 Å². The molecule has 0 spiro atoms. The third-order valence-corrected chi connectivity index (χ3v) is 4.21. The van der Waals surface area contributed by atoms with Gasteiger partial charge in [-0.1, -0.05) is 32.0 Å². The molecule has 1 saturated heterocycles. The second-order valence-corrected chi connectivity index (χ2v) is 6.17. The van der Waals surface area contributed by atoms with Gasteiger partial charge in [-0.25, -0.2) is 9.89 Å². The first-order valence-electron chi connectivity index (χ1n) is 7.90. The summed E-state index contributed by atoms with van der Waals surface area (Å²) in [7, 11) is 0. The molecule has 2 aliphatic heterocycles. The Labute approximate surface area is 126 Å². The maximum Gasteiger partial charge on any atom is 0.259 e. The molecule has 0 saturated carbocycles. The van der Waals surface area contributed by atoms with Crippen molar-refractivity contribution in [2.24, 2.45) is 10.9 Å². The molecule has 3 rings (SSSR count). The SMILES string of the molecule is CC(C)C1N=C(N2CCCCC2)N(c2ccccc2)C1=O. The lowest BCUT2D eigenvalue weighted by Gasteiger charge is -2.32. The van der Waals surface area contributed by atoms with Crippen LogP contribution in [0, 0.1) is 5.92 Å². The lowest BCUT2D eigenvalue weighted by Crippen LogP contribution is -2.47. The van der Waals surface area contributed by atoms with Gasteiger partial charge in [0.25, 0.3) is 5.91 Å². The molecule has 1 atom stereocenters. The van der Waals surface area contributed by atoms with E-state index in [2.05, 4.69) is 18.7 Å². The van der Waals surface area contributed by atoms with Gasteiger partial charge in [0.1, 0.15) is 6.04 Å². The van der Waals surface area contributed by atoms with Crippen LogP contribution in [0.1, 0.15) is 33.1 Å². The van der Waals surface area contributed by atoms with E-state index in [-0.39, 0.29) is 17.9 Å². The molecule has 0 N–H and O–H groups in total. The first-order chi connectivity index (χ1) is 10.2. The number of carbonyl (C=O) groups excluding carboxylic acids is 1. The lowest BCUT2D eigenvalue weighted by atomic mass is 10.0. The number of carbonyl (C=O) groups is 1. The molecule has 4 nitrogen and oxygen atoms in total. The number of likely N-dealkylation sites (tertiary alicyclic amines) is 1. The minimum atomic E-state index is -0.248. The van der Waals surface area contributed by atoms with Crippen molar-refractivity contribution in [2.45, 2.75) is 39.2 Å². The Morgan fingerprint density at radius 3 is 2.38 bits per heavy atom. The highest BCUT2D eigenvalue weighted by molar-refractivity contribution is 6.22. The molecule has 112 valence electrons. The van der Waals surface area contributed by atoms with Crippen LogP contribution in [0.25, 0.3) is 0 Å². The van der Waals surface area contributed by atoms with Gasteiger partial charge >= 0.3 is 0 Å². The van der Waals surface area contributed by atoms with E-state index < -0.39 is 0 Å². The number of para-hydroxylation sites is 1. The monoisotopic (exact) mass is 285 g/mol. The largest absolute Gasteiger partial charge is 0.342 e. The molecular weight excluding hydrogens is 262 g/mol. The van der Waals surface area contributed by atoms with E-state index in [1.165, 1.54) is 19.3 Å². The minimum absolute atomic E-state index is 0.108. The van der Waals surface area contributed by atoms with Gasteiger partial charge in [0, 0.05) is 13.1 Å². The van der Waals surface area contributed by atoms with Crippen LogP contribution in [0.15, 0.2) is 35.3 Å². The van der Waals surface area contributed by atoms with Crippen molar-refractivity contribution in [3.63, 3.8) is 0 Å². The number of guanidine groups is 1. The standard InChI is InChI=1S/C17H23N3O/c1-13(2)15-16(21)20(14-9-5-3-6-10-14)17(18-15)19-11-7-4-8-12-19/h3,5-6,9-10,13,15H,4,7-8,11-12H2,1-2H3. The predicted molar refractivity (Wildman–Crippen MR) is 85.4 cm³/mol. The molecule has 4 heteroatoms. The molecule has 2 heterocycles. The van der Waals surface area contributed by atoms with Crippen molar-refractivity contribution in [1.82, 2.24) is 4.90 Å². The van der Waals surface area contributed by atoms with E-state index >= 15 is 0 Å². The number of amides is 1. The summed E-state index contributed by atoms with van der Waals surface area (Å²) in [5.74, 6) is 1.19. The zero-order chi connectivity index (χ0) is 14.8. The van der Waals surface area contributed by atoms with E-state index in [1.807, 2.05) is 35.2 Å². The van der Waals surface area contributed by atoms with E-state index in [0.29, 0.717) is 0 Å². The maximum absolute atomic E-state index is 12.8. The van der Waals surface area contributed by atoms with Crippen LogP contribution in [0.4, 0.5) is 5.69 Å². The molecule has 1 fully saturated rings. The summed E-state index contributed by atoms with van der Waals surface area (Å²) in [6.07, 6.45) is 3.64. The van der Waals surface area contributed by atoms with Gasteiger partial charge in [-0.15, -0.1) is 0 Å². The smallest absolute Gasteiger partial charge is 0.259 e. The van der Waals surface area contributed by atoms with E-state index in [1.54, 1.807) is 0 Å². The van der Waals surface area contributed by atoms with E-state index in [9.17, 15) is 4.79 Å². The molecule has 2 aliphatic rings. The van der Waals surface area contributed by atoms with Gasteiger partial charge in [0.2, 0.25) is 5.96 Å². The Balaban J connectivity index is 1.95. The van der Waals surface area contributed by atoms with Crippen molar-refractivity contribution in [1.29, 1.82) is 0 Å². The summed E-state index contributed by atoms with van der Waals surface area (Å²) in [5, 5.41) is 0. The maximum atomic E-state index is 12.8. The van der Waals surface area contributed by atoms with Crippen molar-refractivity contribution in [3.8, 4) is 0 Å². The number of nitrogens with zero attached hydrogens (tertiary/aromatic N) is 3. The summed E-state index contributed by atoms with van der Waals surface area (Å²) in [6.45, 7) is 6.13. The Bertz CT molecular complexity index is 532. The zero-order valence-electron chi connectivity index (χ0n) is 12.8. The van der Waals surface area contributed by atoms with Crippen molar-refractivity contribution >= 4 is 17.6 Å². The summed E-state index contributed by atoms with van der Waals surface area (Å²) in [4.78, 5) is 21.6. The third-order valence-electron chi connectivity index (χ3n) is 4.21. The lowest BCUT2D eigenvalue weighted by molar-refractivity contribution is -0.119. The Kier molecular flexibility index (Phi) is 3.95. The fourth-order valence-corrected chi connectivity index (χ4v) is 3.04. The Hall–Kier alpha value is -1.84. The zero-order valence-corrected chi connectivity index (χ0v) is 12.8. The van der Waals surface area contributed by atoms with Gasteiger partial charge in [0.05, 0.1) is 5.69 Å². The molecule has 1 amide bonds. The van der Waals surface area contributed by atoms with Gasteiger partial charge in [-0.05, 0) is 37.3 Å². The fourth-order valence-electron chi connectivity index (χ4n) is 3.04. The minimum Gasteiger partial charge on any atom is -0.342 e. The predicted octanol–water partition coefficient (Wildman–Crippen LogP) is 2.90. The average molecular weight is 285 g/mol. The van der Waals surface area contributed by atoms with Crippen LogP contribution in [-0.4, -0.2) is 35.9 Å². The molecule has 0 aliphatic carbocycles. The van der Waals surface area contributed by atoms with Crippen LogP contribution >= 0.6 is 0 Å². The van der Waals surface area contributed by atoms with Crippen LogP contribution in [0.5, 0.6) is 0 Å². The number of rotatable bonds is 2. The first kappa shape index (κ1) is 14.1. The van der Waals surface area contributed by atoms with Crippen molar-refractivity contribution in [2.75, 3.05) is 18.0 Å². The fraction of sp³-hybridized carbons (Fsp3) is 0.529. The summed E-state index contributed by atoms with van der Waals surface area (Å²) in [5.41, 5.74) is 0.926. The molecule has 0 aromatic heterocycles. The van der Waals surface area contributed by atoms with Gasteiger partial charge < -0.3 is 4.90 Å². The molecule has 0 radical (unpaired) electrons. The molecule has 21 heavy (non-hydrogen) atoms. The quantitative estimate of drug-likeness (QED) is 0.837. The van der Waals surface area contributed by atoms with Gasteiger partial charge in [0.15, 0.2) is 0 Å². The highest BCUT2D eigenvalue weighted by Crippen LogP contribution is 2.27. The van der Waals surface area contributed by atoms with Gasteiger partial charge in [-0.3, -0.25) is 4.79 Å². The number of hydrogen-bond donors (Lipinski definition) is 0. The normalized spacial score (nSPS) is 22.9. The summed E-state index contributed by atoms with van der Waals surface area (Å²) >= 11 is 0. The Morgan fingerprint density at radius 2 is 1.76 bits per heavy atom. The highest BCUT2D eigenvalue weighted by Gasteiger charge is 2.39. The van der Waals surface area contributed by atoms with E-state index in [4.69, 9.17) is 4.99 Å². The number of piperidine rings is 1. The van der Waals surface area contributed by atoms with Crippen LogP contribution < -0.4 is 4.90 Å². The summed E-state index contributed by atoms with van der Waals surface area (Å²) in [6, 6.07) is 9.64. The number of benzene rings is 1. The molecule has 1 aromatic rings. The summed E-state index contributed by atoms with van der Waals surface area (Å²) < 4.78 is 0. The molecule has 0 bridgehead atoms. The number of hydrogen-bond acceptors (Lipinski definition) is 3. The second-order valence-electron chi connectivity index (χ2n) is 6.17. The first-order valence-corrected chi connectivity index (χ1v) is 7.90. The molecule has 1 unspecified atom stereocenters.